The molecule has 0 unspecified atom stereocenters. The zero-order valence-electron chi connectivity index (χ0n) is 12.6. The Labute approximate surface area is 156 Å². The molecule has 0 aromatic heterocycles. The lowest BCUT2D eigenvalue weighted by molar-refractivity contribution is 0.0955. The van der Waals surface area contributed by atoms with Gasteiger partial charge in [0.25, 0.3) is 5.91 Å². The van der Waals surface area contributed by atoms with Gasteiger partial charge in [0.05, 0.1) is 11.3 Å². The van der Waals surface area contributed by atoms with Crippen LogP contribution in [0.25, 0.3) is 0 Å². The molecule has 6 nitrogen and oxygen atoms in total. The zero-order chi connectivity index (χ0) is 17.5. The van der Waals surface area contributed by atoms with Crippen LogP contribution in [0.3, 0.4) is 0 Å². The Hall–Kier alpha value is -1.90. The van der Waals surface area contributed by atoms with Gasteiger partial charge in [-0.2, -0.15) is 0 Å². The monoisotopic (exact) mass is 454 g/mol. The van der Waals surface area contributed by atoms with Gasteiger partial charge in [-0.05, 0) is 36.4 Å². The molecule has 2 aromatic rings. The predicted octanol–water partition coefficient (Wildman–Crippen LogP) is 3.54. The van der Waals surface area contributed by atoms with Crippen LogP contribution < -0.4 is 21.7 Å². The number of carbonyl (C=O) groups excluding carboxylic acids is 2. The molecule has 126 valence electrons. The number of benzene rings is 2. The van der Waals surface area contributed by atoms with E-state index < -0.39 is 6.03 Å². The van der Waals surface area contributed by atoms with E-state index in [4.69, 9.17) is 5.73 Å². The first kappa shape index (κ1) is 18.4. The molecule has 3 amide bonds. The smallest absolute Gasteiger partial charge is 0.323 e. The minimum atomic E-state index is -0.445. The van der Waals surface area contributed by atoms with Crippen LogP contribution >= 0.6 is 31.9 Å². The average molecular weight is 456 g/mol. The number of nitrogens with one attached hydrogen (secondary N) is 3. The minimum Gasteiger partial charge on any atom is -0.351 e. The van der Waals surface area contributed by atoms with Crippen LogP contribution in [0.2, 0.25) is 0 Å². The molecule has 0 fully saturated rings. The van der Waals surface area contributed by atoms with E-state index in [-0.39, 0.29) is 5.91 Å². The third-order valence-electron chi connectivity index (χ3n) is 2.99. The van der Waals surface area contributed by atoms with Crippen LogP contribution in [0.4, 0.5) is 16.2 Å². The molecule has 0 aliphatic heterocycles. The van der Waals surface area contributed by atoms with Crippen molar-refractivity contribution in [2.75, 3.05) is 23.7 Å². The Balaban J connectivity index is 2.14. The van der Waals surface area contributed by atoms with E-state index in [1.54, 1.807) is 30.3 Å². The topological polar surface area (TPSA) is 96.2 Å². The number of carbonyl (C=O) groups is 2. The number of anilines is 2. The molecule has 0 aliphatic carbocycles. The van der Waals surface area contributed by atoms with Crippen molar-refractivity contribution >= 4 is 55.2 Å². The molecule has 0 saturated carbocycles. The van der Waals surface area contributed by atoms with Gasteiger partial charge in [0.15, 0.2) is 0 Å². The molecule has 24 heavy (non-hydrogen) atoms. The van der Waals surface area contributed by atoms with Crippen molar-refractivity contribution in [2.24, 2.45) is 5.73 Å². The number of urea groups is 1. The Morgan fingerprint density at radius 3 is 2.46 bits per heavy atom. The molecule has 0 atom stereocenters. The lowest BCUT2D eigenvalue weighted by Crippen LogP contribution is -2.30. The Morgan fingerprint density at radius 2 is 1.75 bits per heavy atom. The van der Waals surface area contributed by atoms with Gasteiger partial charge < -0.3 is 21.7 Å². The fourth-order valence-electron chi connectivity index (χ4n) is 1.95. The Kier molecular flexibility index (Phi) is 6.77. The number of nitrogens with two attached hydrogens (primary N) is 1. The van der Waals surface area contributed by atoms with E-state index >= 15 is 0 Å². The first-order chi connectivity index (χ1) is 11.5. The van der Waals surface area contributed by atoms with Crippen LogP contribution in [-0.4, -0.2) is 25.0 Å². The fraction of sp³-hybridized carbons (Fsp3) is 0.125. The van der Waals surface area contributed by atoms with E-state index in [9.17, 15) is 9.59 Å². The van der Waals surface area contributed by atoms with Crippen LogP contribution in [0.15, 0.2) is 51.4 Å². The Morgan fingerprint density at radius 1 is 1.00 bits per heavy atom. The molecular weight excluding hydrogens is 440 g/mol. The minimum absolute atomic E-state index is 0.300. The first-order valence-electron chi connectivity index (χ1n) is 7.11. The lowest BCUT2D eigenvalue weighted by atomic mass is 10.1. The standard InChI is InChI=1S/C16H16Br2N4O2/c17-10-2-1-3-12(8-10)21-16(24)22-14-9-11(18)4-5-13(14)15(23)20-7-6-19/h1-5,8-9H,6-7,19H2,(H,20,23)(H2,21,22,24). The summed E-state index contributed by atoms with van der Waals surface area (Å²) < 4.78 is 1.60. The molecule has 0 aliphatic rings. The number of rotatable bonds is 5. The summed E-state index contributed by atoms with van der Waals surface area (Å²) in [4.78, 5) is 24.3. The van der Waals surface area contributed by atoms with Crippen LogP contribution in [0, 0.1) is 0 Å². The van der Waals surface area contributed by atoms with Crippen molar-refractivity contribution < 1.29 is 9.59 Å². The number of hydrogen-bond donors (Lipinski definition) is 4. The van der Waals surface area contributed by atoms with E-state index in [0.717, 1.165) is 8.95 Å². The summed E-state index contributed by atoms with van der Waals surface area (Å²) in [5, 5.41) is 8.08. The average Bonchev–Trinajstić information content (AvgIpc) is 2.52. The SMILES string of the molecule is NCCNC(=O)c1ccc(Br)cc1NC(=O)Nc1cccc(Br)c1. The summed E-state index contributed by atoms with van der Waals surface area (Å²) in [5.41, 5.74) is 6.77. The maximum absolute atomic E-state index is 12.2. The van der Waals surface area contributed by atoms with Crippen LogP contribution in [-0.2, 0) is 0 Å². The van der Waals surface area contributed by atoms with Crippen molar-refractivity contribution in [1.82, 2.24) is 5.32 Å². The van der Waals surface area contributed by atoms with Crippen molar-refractivity contribution in [3.8, 4) is 0 Å². The predicted molar refractivity (Wildman–Crippen MR) is 102 cm³/mol. The van der Waals surface area contributed by atoms with E-state index in [2.05, 4.69) is 47.8 Å². The van der Waals surface area contributed by atoms with Crippen LogP contribution in [0.5, 0.6) is 0 Å². The summed E-state index contributed by atoms with van der Waals surface area (Å²) in [7, 11) is 0. The van der Waals surface area contributed by atoms with Gasteiger partial charge in [-0.15, -0.1) is 0 Å². The molecule has 0 bridgehead atoms. The van der Waals surface area contributed by atoms with E-state index in [0.29, 0.717) is 30.0 Å². The molecule has 2 rings (SSSR count). The summed E-state index contributed by atoms with van der Waals surface area (Å²) in [6.45, 7) is 0.701. The van der Waals surface area contributed by atoms with Gasteiger partial charge in [-0.25, -0.2) is 4.79 Å². The summed E-state index contributed by atoms with van der Waals surface area (Å²) in [5.74, 6) is -0.300. The van der Waals surface area contributed by atoms with Crippen LogP contribution in [0.1, 0.15) is 10.4 Å². The quantitative estimate of drug-likeness (QED) is 0.555. The molecule has 0 radical (unpaired) electrons. The highest BCUT2D eigenvalue weighted by Gasteiger charge is 2.14. The third kappa shape index (κ3) is 5.33. The van der Waals surface area contributed by atoms with Gasteiger partial charge >= 0.3 is 6.03 Å². The number of amides is 3. The van der Waals surface area contributed by atoms with Gasteiger partial charge in [0, 0.05) is 27.7 Å². The first-order valence-corrected chi connectivity index (χ1v) is 8.69. The highest BCUT2D eigenvalue weighted by molar-refractivity contribution is 9.10. The molecule has 2 aromatic carbocycles. The number of halogens is 2. The fourth-order valence-corrected chi connectivity index (χ4v) is 2.71. The molecule has 0 spiro atoms. The second-order valence-electron chi connectivity index (χ2n) is 4.82. The molecule has 0 heterocycles. The highest BCUT2D eigenvalue weighted by atomic mass is 79.9. The third-order valence-corrected chi connectivity index (χ3v) is 3.97. The van der Waals surface area contributed by atoms with Gasteiger partial charge in [-0.3, -0.25) is 4.79 Å². The van der Waals surface area contributed by atoms with Crippen molar-refractivity contribution in [3.05, 3.63) is 57.0 Å². The van der Waals surface area contributed by atoms with Crippen molar-refractivity contribution in [3.63, 3.8) is 0 Å². The maximum atomic E-state index is 12.2. The Bertz CT molecular complexity index is 753. The molecule has 8 heteroatoms. The zero-order valence-corrected chi connectivity index (χ0v) is 15.8. The van der Waals surface area contributed by atoms with E-state index in [1.165, 1.54) is 0 Å². The summed E-state index contributed by atoms with van der Waals surface area (Å²) in [6.07, 6.45) is 0. The molecule has 0 saturated heterocycles. The largest absolute Gasteiger partial charge is 0.351 e. The molecule has 5 N–H and O–H groups in total. The van der Waals surface area contributed by atoms with Gasteiger partial charge in [0.1, 0.15) is 0 Å². The van der Waals surface area contributed by atoms with Crippen molar-refractivity contribution in [2.45, 2.75) is 0 Å². The number of hydrogen-bond acceptors (Lipinski definition) is 3. The lowest BCUT2D eigenvalue weighted by Gasteiger charge is -2.13. The maximum Gasteiger partial charge on any atom is 0.323 e. The van der Waals surface area contributed by atoms with Crippen molar-refractivity contribution in [1.29, 1.82) is 0 Å². The van der Waals surface area contributed by atoms with Gasteiger partial charge in [0.2, 0.25) is 0 Å². The second-order valence-corrected chi connectivity index (χ2v) is 6.66. The highest BCUT2D eigenvalue weighted by Crippen LogP contribution is 2.22. The summed E-state index contributed by atoms with van der Waals surface area (Å²) in [6, 6.07) is 11.8. The molecular formula is C16H16Br2N4O2. The van der Waals surface area contributed by atoms with Gasteiger partial charge in [-0.1, -0.05) is 37.9 Å². The normalized spacial score (nSPS) is 10.1. The van der Waals surface area contributed by atoms with E-state index in [1.807, 2.05) is 12.1 Å². The summed E-state index contributed by atoms with van der Waals surface area (Å²) >= 11 is 6.68. The second kappa shape index (κ2) is 8.81.